The van der Waals surface area contributed by atoms with E-state index in [9.17, 15) is 4.79 Å². The van der Waals surface area contributed by atoms with E-state index in [4.69, 9.17) is 4.74 Å². The molecule has 0 radical (unpaired) electrons. The molecule has 0 aliphatic carbocycles. The molecule has 0 saturated carbocycles. The van der Waals surface area contributed by atoms with Gasteiger partial charge in [-0.1, -0.05) is 42.5 Å². The first kappa shape index (κ1) is 17.0. The molecule has 5 nitrogen and oxygen atoms in total. The molecule has 0 unspecified atom stereocenters. The maximum atomic E-state index is 12.2. The molecule has 2 aromatic carbocycles. The summed E-state index contributed by atoms with van der Waals surface area (Å²) in [4.78, 5) is 12.2. The number of rotatable bonds is 5. The Labute approximate surface area is 147 Å². The summed E-state index contributed by atoms with van der Waals surface area (Å²) in [5, 5.41) is 13.0. The molecule has 5 heteroatoms. The number of nitrogens with zero attached hydrogens (tertiary/aromatic N) is 1. The minimum atomic E-state index is -0.878. The van der Waals surface area contributed by atoms with Gasteiger partial charge in [-0.25, -0.2) is 4.79 Å². The van der Waals surface area contributed by atoms with E-state index in [-0.39, 0.29) is 5.97 Å². The number of hydrogen-bond donors (Lipinski definition) is 2. The van der Waals surface area contributed by atoms with Gasteiger partial charge in [0.05, 0.1) is 6.61 Å². The van der Waals surface area contributed by atoms with Gasteiger partial charge < -0.3 is 10.1 Å². The summed E-state index contributed by atoms with van der Waals surface area (Å²) < 4.78 is 5.16. The number of anilines is 1. The van der Waals surface area contributed by atoms with Gasteiger partial charge in [0.25, 0.3) is 0 Å². The molecule has 0 atom stereocenters. The first-order valence-electron chi connectivity index (χ1n) is 8.42. The standard InChI is InChI=1S/C20H23N3O2/c1-5-25-19(24)20(3,4)21-18-17(13(2)22-23-18)16-12-8-10-14-9-6-7-11-15(14)16/h6-12H,5H2,1-4H3,(H2,21,22,23). The second kappa shape index (κ2) is 6.59. The molecule has 3 rings (SSSR count). The molecule has 0 saturated heterocycles. The molecule has 0 aliphatic heterocycles. The fourth-order valence-electron chi connectivity index (χ4n) is 2.95. The fraction of sp³-hybridized carbons (Fsp3) is 0.300. The van der Waals surface area contributed by atoms with Crippen molar-refractivity contribution in [2.45, 2.75) is 33.2 Å². The molecule has 0 spiro atoms. The zero-order chi connectivity index (χ0) is 18.0. The number of aromatic nitrogens is 2. The average Bonchev–Trinajstić information content (AvgIpc) is 2.94. The van der Waals surface area contributed by atoms with Crippen LogP contribution in [0.1, 0.15) is 26.5 Å². The van der Waals surface area contributed by atoms with Crippen LogP contribution in [0, 0.1) is 6.92 Å². The summed E-state index contributed by atoms with van der Waals surface area (Å²) in [6.07, 6.45) is 0. The monoisotopic (exact) mass is 337 g/mol. The van der Waals surface area contributed by atoms with Crippen LogP contribution in [0.4, 0.5) is 5.82 Å². The summed E-state index contributed by atoms with van der Waals surface area (Å²) in [7, 11) is 0. The third kappa shape index (κ3) is 3.22. The molecule has 0 bridgehead atoms. The van der Waals surface area contributed by atoms with E-state index >= 15 is 0 Å². The molecule has 0 amide bonds. The van der Waals surface area contributed by atoms with Gasteiger partial charge in [-0.2, -0.15) is 5.10 Å². The maximum Gasteiger partial charge on any atom is 0.331 e. The van der Waals surface area contributed by atoms with E-state index in [1.165, 1.54) is 0 Å². The highest BCUT2D eigenvalue weighted by Crippen LogP contribution is 2.36. The van der Waals surface area contributed by atoms with Crippen molar-refractivity contribution in [1.29, 1.82) is 0 Å². The predicted molar refractivity (Wildman–Crippen MR) is 101 cm³/mol. The van der Waals surface area contributed by atoms with Crippen molar-refractivity contribution in [3.63, 3.8) is 0 Å². The zero-order valence-corrected chi connectivity index (χ0v) is 15.0. The Balaban J connectivity index is 2.07. The molecule has 130 valence electrons. The van der Waals surface area contributed by atoms with Crippen molar-refractivity contribution in [2.75, 3.05) is 11.9 Å². The van der Waals surface area contributed by atoms with Gasteiger partial charge in [0.1, 0.15) is 5.54 Å². The number of ether oxygens (including phenoxy) is 1. The highest BCUT2D eigenvalue weighted by molar-refractivity contribution is 6.00. The highest BCUT2D eigenvalue weighted by atomic mass is 16.5. The molecule has 0 aliphatic rings. The van der Waals surface area contributed by atoms with Gasteiger partial charge in [0, 0.05) is 11.3 Å². The van der Waals surface area contributed by atoms with Gasteiger partial charge in [-0.15, -0.1) is 0 Å². The van der Waals surface area contributed by atoms with E-state index in [1.807, 2.05) is 25.1 Å². The smallest absolute Gasteiger partial charge is 0.331 e. The van der Waals surface area contributed by atoms with Crippen molar-refractivity contribution < 1.29 is 9.53 Å². The summed E-state index contributed by atoms with van der Waals surface area (Å²) in [6, 6.07) is 14.4. The van der Waals surface area contributed by atoms with Gasteiger partial charge >= 0.3 is 5.97 Å². The largest absolute Gasteiger partial charge is 0.464 e. The number of carbonyl (C=O) groups is 1. The second-order valence-electron chi connectivity index (χ2n) is 6.57. The van der Waals surface area contributed by atoms with Gasteiger partial charge in [0.15, 0.2) is 5.82 Å². The predicted octanol–water partition coefficient (Wildman–Crippen LogP) is 4.29. The SMILES string of the molecule is CCOC(=O)C(C)(C)Nc1n[nH]c(C)c1-c1cccc2ccccc12. The van der Waals surface area contributed by atoms with Crippen molar-refractivity contribution in [2.24, 2.45) is 0 Å². The van der Waals surface area contributed by atoms with E-state index in [1.54, 1.807) is 20.8 Å². The normalized spacial score (nSPS) is 11.5. The Hall–Kier alpha value is -2.82. The van der Waals surface area contributed by atoms with Gasteiger partial charge in [-0.05, 0) is 44.0 Å². The fourth-order valence-corrected chi connectivity index (χ4v) is 2.95. The van der Waals surface area contributed by atoms with Crippen molar-refractivity contribution in [3.8, 4) is 11.1 Å². The Bertz CT molecular complexity index is 907. The van der Waals surface area contributed by atoms with Crippen molar-refractivity contribution in [1.82, 2.24) is 10.2 Å². The lowest BCUT2D eigenvalue weighted by Crippen LogP contribution is -2.41. The number of carbonyl (C=O) groups excluding carboxylic acids is 1. The lowest BCUT2D eigenvalue weighted by Gasteiger charge is -2.24. The van der Waals surface area contributed by atoms with E-state index in [0.717, 1.165) is 27.6 Å². The van der Waals surface area contributed by atoms with Crippen LogP contribution in [-0.2, 0) is 9.53 Å². The van der Waals surface area contributed by atoms with E-state index < -0.39 is 5.54 Å². The van der Waals surface area contributed by atoms with E-state index in [2.05, 4.69) is 39.8 Å². The maximum absolute atomic E-state index is 12.2. The number of aryl methyl sites for hydroxylation is 1. The summed E-state index contributed by atoms with van der Waals surface area (Å²) in [6.45, 7) is 7.71. The van der Waals surface area contributed by atoms with Crippen LogP contribution in [0.2, 0.25) is 0 Å². The summed E-state index contributed by atoms with van der Waals surface area (Å²) in [5.41, 5.74) is 2.11. The molecular weight excluding hydrogens is 314 g/mol. The molecule has 0 fully saturated rings. The average molecular weight is 337 g/mol. The quantitative estimate of drug-likeness (QED) is 0.682. The van der Waals surface area contributed by atoms with Crippen LogP contribution >= 0.6 is 0 Å². The topological polar surface area (TPSA) is 67.0 Å². The molecule has 1 heterocycles. The Kier molecular flexibility index (Phi) is 4.49. The Morgan fingerprint density at radius 1 is 1.20 bits per heavy atom. The first-order chi connectivity index (χ1) is 11.9. The molecule has 25 heavy (non-hydrogen) atoms. The van der Waals surface area contributed by atoms with E-state index in [0.29, 0.717) is 12.4 Å². The van der Waals surface area contributed by atoms with Gasteiger partial charge in [0.2, 0.25) is 0 Å². The second-order valence-corrected chi connectivity index (χ2v) is 6.57. The van der Waals surface area contributed by atoms with Crippen molar-refractivity contribution >= 4 is 22.6 Å². The van der Waals surface area contributed by atoms with Gasteiger partial charge in [-0.3, -0.25) is 5.10 Å². The lowest BCUT2D eigenvalue weighted by molar-refractivity contribution is -0.147. The molecule has 2 N–H and O–H groups in total. The number of hydrogen-bond acceptors (Lipinski definition) is 4. The molecule has 1 aromatic heterocycles. The van der Waals surface area contributed by atoms with Crippen LogP contribution in [0.3, 0.4) is 0 Å². The Morgan fingerprint density at radius 3 is 2.68 bits per heavy atom. The first-order valence-corrected chi connectivity index (χ1v) is 8.42. The van der Waals surface area contributed by atoms with Crippen LogP contribution < -0.4 is 5.32 Å². The number of nitrogens with one attached hydrogen (secondary N) is 2. The minimum absolute atomic E-state index is 0.306. The van der Waals surface area contributed by atoms with Crippen molar-refractivity contribution in [3.05, 3.63) is 48.2 Å². The number of H-pyrrole nitrogens is 1. The zero-order valence-electron chi connectivity index (χ0n) is 15.0. The highest BCUT2D eigenvalue weighted by Gasteiger charge is 2.31. The minimum Gasteiger partial charge on any atom is -0.464 e. The summed E-state index contributed by atoms with van der Waals surface area (Å²) in [5.74, 6) is 0.339. The molecule has 3 aromatic rings. The van der Waals surface area contributed by atoms with Crippen LogP contribution in [0.25, 0.3) is 21.9 Å². The lowest BCUT2D eigenvalue weighted by atomic mass is 9.97. The number of aromatic amines is 1. The third-order valence-corrected chi connectivity index (χ3v) is 4.22. The van der Waals surface area contributed by atoms with Crippen LogP contribution in [0.5, 0.6) is 0 Å². The summed E-state index contributed by atoms with van der Waals surface area (Å²) >= 11 is 0. The number of fused-ring (bicyclic) bond motifs is 1. The van der Waals surface area contributed by atoms with Crippen LogP contribution in [-0.4, -0.2) is 28.3 Å². The number of esters is 1. The molecular formula is C20H23N3O2. The van der Waals surface area contributed by atoms with Crippen LogP contribution in [0.15, 0.2) is 42.5 Å². The Morgan fingerprint density at radius 2 is 1.92 bits per heavy atom. The number of benzene rings is 2. The third-order valence-electron chi connectivity index (χ3n) is 4.22.